The van der Waals surface area contributed by atoms with Gasteiger partial charge in [-0.05, 0) is 74.1 Å². The molecular weight excluding hydrogens is 378 g/mol. The quantitative estimate of drug-likeness (QED) is 0.769. The van der Waals surface area contributed by atoms with Crippen molar-refractivity contribution in [2.75, 3.05) is 14.2 Å². The Morgan fingerprint density at radius 1 is 1.27 bits per heavy atom. The van der Waals surface area contributed by atoms with E-state index in [9.17, 15) is 4.79 Å². The topological polar surface area (TPSA) is 82.6 Å². The number of carbonyl (C=O) groups excluding carboxylic acids is 1. The fourth-order valence-corrected chi connectivity index (χ4v) is 6.72. The number of likely N-dealkylation sites (N-methyl/N-ethyl adjacent to an activating group) is 1. The molecule has 1 amide bonds. The molecule has 30 heavy (non-hydrogen) atoms. The number of fused-ring (bicyclic) bond motifs is 1. The molecule has 2 N–H and O–H groups in total. The van der Waals surface area contributed by atoms with Crippen molar-refractivity contribution >= 4 is 28.8 Å². The summed E-state index contributed by atoms with van der Waals surface area (Å²) in [4.78, 5) is 19.3. The average Bonchev–Trinajstić information content (AvgIpc) is 3.27. The highest BCUT2D eigenvalue weighted by Gasteiger charge is 2.58. The van der Waals surface area contributed by atoms with Crippen molar-refractivity contribution in [2.45, 2.75) is 49.7 Å². The van der Waals surface area contributed by atoms with Crippen molar-refractivity contribution < 1.29 is 9.53 Å². The number of amides is 1. The number of rotatable bonds is 3. The molecule has 2 atom stereocenters. The summed E-state index contributed by atoms with van der Waals surface area (Å²) in [7, 11) is 3.67. The number of nitrogens with one attached hydrogen (secondary N) is 2. The van der Waals surface area contributed by atoms with E-state index in [1.807, 2.05) is 31.4 Å². The fourth-order valence-electron chi connectivity index (χ4n) is 6.72. The van der Waals surface area contributed by atoms with Gasteiger partial charge in [-0.15, -0.1) is 0 Å². The van der Waals surface area contributed by atoms with Crippen LogP contribution in [0.2, 0.25) is 0 Å². The Morgan fingerprint density at radius 2 is 2.07 bits per heavy atom. The van der Waals surface area contributed by atoms with E-state index in [0.29, 0.717) is 23.5 Å². The second-order valence-corrected chi connectivity index (χ2v) is 9.80. The number of methoxy groups -OCH3 is 1. The fraction of sp³-hybridized carbons (Fsp3) is 0.522. The third-order valence-electron chi connectivity index (χ3n) is 7.65. The monoisotopic (exact) mass is 405 g/mol. The van der Waals surface area contributed by atoms with E-state index in [-0.39, 0.29) is 17.0 Å². The molecule has 7 heteroatoms. The molecular formula is C23H27N5O2. The van der Waals surface area contributed by atoms with Crippen LogP contribution in [0, 0.1) is 11.8 Å². The Balaban J connectivity index is 1.30. The first kappa shape index (κ1) is 18.1. The number of aromatic amines is 1. The first-order valence-electron chi connectivity index (χ1n) is 10.8. The van der Waals surface area contributed by atoms with Crippen molar-refractivity contribution in [3.05, 3.63) is 35.7 Å². The number of carbonyl (C=O) groups is 1. The second kappa shape index (κ2) is 6.17. The van der Waals surface area contributed by atoms with Crippen LogP contribution in [0.1, 0.15) is 44.1 Å². The molecule has 1 aromatic carbocycles. The summed E-state index contributed by atoms with van der Waals surface area (Å²) in [6.07, 6.45) is 10.6. The van der Waals surface area contributed by atoms with E-state index >= 15 is 0 Å². The summed E-state index contributed by atoms with van der Waals surface area (Å²) >= 11 is 0. The second-order valence-electron chi connectivity index (χ2n) is 9.80. The van der Waals surface area contributed by atoms with Crippen LogP contribution >= 0.6 is 0 Å². The molecule has 7 rings (SSSR count). The number of H-pyrrole nitrogens is 1. The van der Waals surface area contributed by atoms with Gasteiger partial charge in [-0.2, -0.15) is 5.10 Å². The molecule has 2 aromatic rings. The third-order valence-corrected chi connectivity index (χ3v) is 7.65. The SMILES string of the molecule is COC12CC3CC(CC(NC4=N/C(=C\c5ccc6[nH]ncc6c5)C(=O)N4C)(C3)C1)C2. The highest BCUT2D eigenvalue weighted by atomic mass is 16.5. The van der Waals surface area contributed by atoms with Gasteiger partial charge in [0, 0.05) is 25.1 Å². The number of hydrogen-bond donors (Lipinski definition) is 2. The number of aromatic nitrogens is 2. The van der Waals surface area contributed by atoms with Crippen molar-refractivity contribution in [2.24, 2.45) is 16.8 Å². The smallest absolute Gasteiger partial charge is 0.279 e. The van der Waals surface area contributed by atoms with Gasteiger partial charge in [0.2, 0.25) is 5.96 Å². The number of nitrogens with zero attached hydrogens (tertiary/aromatic N) is 3. The van der Waals surface area contributed by atoms with Gasteiger partial charge in [-0.3, -0.25) is 14.8 Å². The lowest BCUT2D eigenvalue weighted by molar-refractivity contribution is -0.157. The maximum atomic E-state index is 12.9. The van der Waals surface area contributed by atoms with Crippen LogP contribution in [-0.2, 0) is 9.53 Å². The van der Waals surface area contributed by atoms with Gasteiger partial charge in [-0.25, -0.2) is 4.99 Å². The zero-order chi connectivity index (χ0) is 20.5. The molecule has 7 nitrogen and oxygen atoms in total. The first-order valence-corrected chi connectivity index (χ1v) is 10.8. The lowest BCUT2D eigenvalue weighted by Crippen LogP contribution is -2.67. The summed E-state index contributed by atoms with van der Waals surface area (Å²) in [6.45, 7) is 0. The van der Waals surface area contributed by atoms with Crippen LogP contribution in [0.3, 0.4) is 0 Å². The number of aliphatic imine (C=N–C) groups is 1. The number of ether oxygens (including phenoxy) is 1. The summed E-state index contributed by atoms with van der Waals surface area (Å²) in [5.74, 6) is 2.01. The van der Waals surface area contributed by atoms with Gasteiger partial charge in [0.05, 0.1) is 17.3 Å². The lowest BCUT2D eigenvalue weighted by atomic mass is 9.51. The minimum absolute atomic E-state index is 0.00248. The van der Waals surface area contributed by atoms with Gasteiger partial charge in [0.1, 0.15) is 5.70 Å². The molecule has 5 aliphatic rings. The van der Waals surface area contributed by atoms with E-state index in [4.69, 9.17) is 9.73 Å². The van der Waals surface area contributed by atoms with Crippen LogP contribution in [0.5, 0.6) is 0 Å². The van der Waals surface area contributed by atoms with Crippen LogP contribution in [0.15, 0.2) is 35.1 Å². The summed E-state index contributed by atoms with van der Waals surface area (Å²) in [5.41, 5.74) is 2.37. The third kappa shape index (κ3) is 2.71. The molecule has 4 saturated carbocycles. The zero-order valence-electron chi connectivity index (χ0n) is 17.4. The molecule has 0 radical (unpaired) electrons. The van der Waals surface area contributed by atoms with E-state index < -0.39 is 0 Å². The number of hydrogen-bond acceptors (Lipinski definition) is 5. The van der Waals surface area contributed by atoms with Gasteiger partial charge in [-0.1, -0.05) is 6.07 Å². The highest BCUT2D eigenvalue weighted by molar-refractivity contribution is 6.13. The highest BCUT2D eigenvalue weighted by Crippen LogP contribution is 2.58. The maximum Gasteiger partial charge on any atom is 0.279 e. The van der Waals surface area contributed by atoms with Crippen molar-refractivity contribution in [1.82, 2.24) is 20.4 Å². The maximum absolute atomic E-state index is 12.9. The first-order chi connectivity index (χ1) is 14.5. The Hall–Kier alpha value is -2.67. The predicted octanol–water partition coefficient (Wildman–Crippen LogP) is 3.06. The van der Waals surface area contributed by atoms with Crippen molar-refractivity contribution in [3.63, 3.8) is 0 Å². The average molecular weight is 406 g/mol. The van der Waals surface area contributed by atoms with Crippen molar-refractivity contribution in [1.29, 1.82) is 0 Å². The Kier molecular flexibility index (Phi) is 3.73. The molecule has 4 bridgehead atoms. The van der Waals surface area contributed by atoms with Gasteiger partial charge < -0.3 is 10.1 Å². The Morgan fingerprint density at radius 3 is 2.83 bits per heavy atom. The minimum atomic E-state index is -0.0732. The number of guanidine groups is 1. The van der Waals surface area contributed by atoms with Crippen LogP contribution in [0.4, 0.5) is 0 Å². The van der Waals surface area contributed by atoms with E-state index in [1.165, 1.54) is 19.3 Å². The molecule has 2 unspecified atom stereocenters. The minimum Gasteiger partial charge on any atom is -0.378 e. The van der Waals surface area contributed by atoms with E-state index in [0.717, 1.165) is 35.7 Å². The van der Waals surface area contributed by atoms with Crippen LogP contribution in [-0.4, -0.2) is 52.3 Å². The molecule has 0 saturated heterocycles. The molecule has 4 fully saturated rings. The summed E-state index contributed by atoms with van der Waals surface area (Å²) < 4.78 is 6.04. The summed E-state index contributed by atoms with van der Waals surface area (Å²) in [6, 6.07) is 5.96. The van der Waals surface area contributed by atoms with Crippen molar-refractivity contribution in [3.8, 4) is 0 Å². The standard InChI is InChI=1S/C23H27N5O2/c1-28-20(29)19(7-14-3-4-18-17(6-14)12-24-27-18)25-21(28)26-22-8-15-5-16(9-22)11-23(10-15,13-22)30-2/h3-4,6-7,12,15-16H,5,8-11,13H2,1-2H3,(H,24,27)(H,25,26)/b19-7-. The van der Waals surface area contributed by atoms with E-state index in [2.05, 4.69) is 15.5 Å². The van der Waals surface area contributed by atoms with Gasteiger partial charge >= 0.3 is 0 Å². The van der Waals surface area contributed by atoms with Crippen LogP contribution in [0.25, 0.3) is 17.0 Å². The molecule has 1 aliphatic heterocycles. The molecule has 4 aliphatic carbocycles. The molecule has 156 valence electrons. The lowest BCUT2D eigenvalue weighted by Gasteiger charge is -2.61. The Labute approximate surface area is 175 Å². The predicted molar refractivity (Wildman–Crippen MR) is 115 cm³/mol. The molecule has 0 spiro atoms. The Bertz CT molecular complexity index is 1090. The molecule has 1 aromatic heterocycles. The normalized spacial score (nSPS) is 36.2. The summed E-state index contributed by atoms with van der Waals surface area (Å²) in [5, 5.41) is 11.8. The largest absolute Gasteiger partial charge is 0.378 e. The van der Waals surface area contributed by atoms with Crippen LogP contribution < -0.4 is 5.32 Å². The van der Waals surface area contributed by atoms with E-state index in [1.54, 1.807) is 18.1 Å². The van der Waals surface area contributed by atoms with Gasteiger partial charge in [0.15, 0.2) is 0 Å². The number of benzene rings is 1. The van der Waals surface area contributed by atoms with Gasteiger partial charge in [0.25, 0.3) is 5.91 Å². The molecule has 2 heterocycles. The zero-order valence-corrected chi connectivity index (χ0v) is 17.4.